The van der Waals surface area contributed by atoms with Gasteiger partial charge in [0.1, 0.15) is 5.69 Å². The van der Waals surface area contributed by atoms with Crippen LogP contribution in [0.25, 0.3) is 17.6 Å². The summed E-state index contributed by atoms with van der Waals surface area (Å²) in [5, 5.41) is 7.84. The highest BCUT2D eigenvalue weighted by atomic mass is 15.1. The van der Waals surface area contributed by atoms with Crippen LogP contribution in [0.4, 0.5) is 5.69 Å². The number of fused-ring (bicyclic) bond motifs is 1. The van der Waals surface area contributed by atoms with Crippen molar-refractivity contribution in [3.05, 3.63) is 95.5 Å². The predicted octanol–water partition coefficient (Wildman–Crippen LogP) is 4.42. The summed E-state index contributed by atoms with van der Waals surface area (Å²) >= 11 is 0. The monoisotopic (exact) mass is 381 g/mol. The van der Waals surface area contributed by atoms with E-state index in [4.69, 9.17) is 0 Å². The highest BCUT2D eigenvalue weighted by molar-refractivity contribution is 5.73. The first kappa shape index (κ1) is 17.5. The topological polar surface area (TPSA) is 60.6 Å². The van der Waals surface area contributed by atoms with Crippen LogP contribution in [-0.4, -0.2) is 34.3 Å². The van der Waals surface area contributed by atoms with Crippen LogP contribution in [0.5, 0.6) is 0 Å². The smallest absolute Gasteiger partial charge is 0.158 e. The molecule has 0 bridgehead atoms. The average Bonchev–Trinajstić information content (AvgIpc) is 3.43. The maximum Gasteiger partial charge on any atom is 0.158 e. The molecular formula is C24H23N5. The highest BCUT2D eigenvalue weighted by Gasteiger charge is 2.37. The number of anilines is 1. The Hall–Kier alpha value is -3.60. The van der Waals surface area contributed by atoms with Crippen molar-refractivity contribution >= 4 is 11.8 Å². The summed E-state index contributed by atoms with van der Waals surface area (Å²) in [6, 6.07) is 19.5. The van der Waals surface area contributed by atoms with Gasteiger partial charge >= 0.3 is 0 Å². The Morgan fingerprint density at radius 3 is 2.59 bits per heavy atom. The van der Waals surface area contributed by atoms with Crippen molar-refractivity contribution in [3.63, 3.8) is 0 Å². The molecule has 0 aliphatic heterocycles. The maximum absolute atomic E-state index is 4.56. The molecule has 5 heteroatoms. The fraction of sp³-hybridized carbons (Fsp3) is 0.167. The molecule has 0 fully saturated rings. The Balaban J connectivity index is 1.67. The second-order valence-corrected chi connectivity index (χ2v) is 7.69. The molecule has 1 aliphatic carbocycles. The van der Waals surface area contributed by atoms with Crippen LogP contribution in [0.1, 0.15) is 22.4 Å². The van der Waals surface area contributed by atoms with Gasteiger partial charge in [-0.3, -0.25) is 5.10 Å². The van der Waals surface area contributed by atoms with Gasteiger partial charge in [-0.15, -0.1) is 0 Å². The average molecular weight is 381 g/mol. The fourth-order valence-corrected chi connectivity index (χ4v) is 4.20. The summed E-state index contributed by atoms with van der Waals surface area (Å²) < 4.78 is 0. The maximum atomic E-state index is 4.56. The van der Waals surface area contributed by atoms with Crippen molar-refractivity contribution in [1.82, 2.24) is 20.2 Å². The van der Waals surface area contributed by atoms with Crippen molar-refractivity contribution in [2.75, 3.05) is 19.0 Å². The number of imidazole rings is 1. The van der Waals surface area contributed by atoms with Crippen LogP contribution in [0.3, 0.4) is 0 Å². The van der Waals surface area contributed by atoms with Gasteiger partial charge in [0, 0.05) is 55.3 Å². The third-order valence-electron chi connectivity index (χ3n) is 5.76. The quantitative estimate of drug-likeness (QED) is 0.550. The summed E-state index contributed by atoms with van der Waals surface area (Å²) in [6.45, 7) is 0. The minimum Gasteiger partial charge on any atom is -0.378 e. The van der Waals surface area contributed by atoms with Gasteiger partial charge in [0.15, 0.2) is 5.82 Å². The second kappa shape index (κ2) is 6.78. The molecule has 0 saturated carbocycles. The zero-order valence-electron chi connectivity index (χ0n) is 16.6. The number of aromatic amines is 2. The van der Waals surface area contributed by atoms with Crippen molar-refractivity contribution < 1.29 is 0 Å². The molecule has 0 radical (unpaired) electrons. The Kier molecular flexibility index (Phi) is 4.09. The molecule has 1 aliphatic rings. The van der Waals surface area contributed by atoms with E-state index in [2.05, 4.69) is 106 Å². The van der Waals surface area contributed by atoms with E-state index >= 15 is 0 Å². The zero-order chi connectivity index (χ0) is 19.8. The summed E-state index contributed by atoms with van der Waals surface area (Å²) in [6.07, 6.45) is 8.90. The molecule has 144 valence electrons. The lowest BCUT2D eigenvalue weighted by Crippen LogP contribution is -2.30. The Labute approximate surface area is 170 Å². The number of rotatable bonds is 4. The minimum absolute atomic E-state index is 0.257. The van der Waals surface area contributed by atoms with Crippen molar-refractivity contribution in [1.29, 1.82) is 0 Å². The Bertz CT molecular complexity index is 1160. The lowest BCUT2D eigenvalue weighted by Gasteiger charge is -2.35. The number of allylic oxidation sites excluding steroid dienone is 1. The number of hydrogen-bond acceptors (Lipinski definition) is 3. The van der Waals surface area contributed by atoms with Crippen LogP contribution >= 0.6 is 0 Å². The van der Waals surface area contributed by atoms with Crippen LogP contribution < -0.4 is 4.90 Å². The first-order valence-electron chi connectivity index (χ1n) is 9.77. The van der Waals surface area contributed by atoms with Crippen LogP contribution in [-0.2, 0) is 11.8 Å². The van der Waals surface area contributed by atoms with E-state index in [1.54, 1.807) is 6.20 Å². The van der Waals surface area contributed by atoms with Gasteiger partial charge in [-0.2, -0.15) is 5.10 Å². The molecule has 5 nitrogen and oxygen atoms in total. The van der Waals surface area contributed by atoms with Crippen LogP contribution in [0.2, 0.25) is 0 Å². The summed E-state index contributed by atoms with van der Waals surface area (Å²) in [7, 11) is 4.15. The zero-order valence-corrected chi connectivity index (χ0v) is 16.6. The molecule has 5 rings (SSSR count). The molecule has 2 aromatic heterocycles. The summed E-state index contributed by atoms with van der Waals surface area (Å²) in [5.41, 5.74) is 6.57. The molecule has 29 heavy (non-hydrogen) atoms. The molecule has 2 heterocycles. The highest BCUT2D eigenvalue weighted by Crippen LogP contribution is 2.43. The Morgan fingerprint density at radius 2 is 1.83 bits per heavy atom. The van der Waals surface area contributed by atoms with Crippen molar-refractivity contribution in [3.8, 4) is 11.5 Å². The van der Waals surface area contributed by atoms with Gasteiger partial charge in [0.2, 0.25) is 0 Å². The summed E-state index contributed by atoms with van der Waals surface area (Å²) in [4.78, 5) is 9.68. The SMILES string of the molecule is CN(C)c1cccc(C2(c3ccccc3)C=Cc3c(-c4ncc[nH]4)n[nH]c3C2)c1. The van der Waals surface area contributed by atoms with Gasteiger partial charge in [0.25, 0.3) is 0 Å². The number of hydrogen-bond donors (Lipinski definition) is 2. The van der Waals surface area contributed by atoms with Gasteiger partial charge in [0.05, 0.1) is 0 Å². The third-order valence-corrected chi connectivity index (χ3v) is 5.76. The largest absolute Gasteiger partial charge is 0.378 e. The Morgan fingerprint density at radius 1 is 1.00 bits per heavy atom. The minimum atomic E-state index is -0.257. The molecule has 2 N–H and O–H groups in total. The molecule has 0 spiro atoms. The van der Waals surface area contributed by atoms with E-state index in [0.717, 1.165) is 29.2 Å². The number of aromatic nitrogens is 4. The summed E-state index contributed by atoms with van der Waals surface area (Å²) in [5.74, 6) is 0.786. The number of benzene rings is 2. The lowest BCUT2D eigenvalue weighted by atomic mass is 9.68. The van der Waals surface area contributed by atoms with Crippen molar-refractivity contribution in [2.24, 2.45) is 0 Å². The van der Waals surface area contributed by atoms with E-state index in [0.29, 0.717) is 0 Å². The van der Waals surface area contributed by atoms with E-state index < -0.39 is 0 Å². The standard InChI is InChI=1S/C24H23N5/c1-29(2)19-10-6-9-18(15-19)24(17-7-4-3-5-8-17)12-11-20-21(16-24)27-28-22(20)23-25-13-14-26-23/h3-15H,16H2,1-2H3,(H,25,26)(H,27,28). The van der Waals surface area contributed by atoms with E-state index in [1.165, 1.54) is 16.8 Å². The molecule has 0 amide bonds. The lowest BCUT2D eigenvalue weighted by molar-refractivity contribution is 0.620. The van der Waals surface area contributed by atoms with E-state index in [1.807, 2.05) is 6.20 Å². The van der Waals surface area contributed by atoms with Gasteiger partial charge in [-0.1, -0.05) is 54.6 Å². The molecule has 4 aromatic rings. The first-order chi connectivity index (χ1) is 14.2. The van der Waals surface area contributed by atoms with Crippen LogP contribution in [0, 0.1) is 0 Å². The van der Waals surface area contributed by atoms with Crippen molar-refractivity contribution in [2.45, 2.75) is 11.8 Å². The third kappa shape index (κ3) is 2.86. The fourth-order valence-electron chi connectivity index (χ4n) is 4.20. The number of nitrogens with zero attached hydrogens (tertiary/aromatic N) is 3. The number of nitrogens with one attached hydrogen (secondary N) is 2. The van der Waals surface area contributed by atoms with E-state index in [-0.39, 0.29) is 5.41 Å². The molecule has 1 unspecified atom stereocenters. The molecule has 0 saturated heterocycles. The first-order valence-corrected chi connectivity index (χ1v) is 9.77. The second-order valence-electron chi connectivity index (χ2n) is 7.69. The van der Waals surface area contributed by atoms with E-state index in [9.17, 15) is 0 Å². The molecular weight excluding hydrogens is 358 g/mol. The molecule has 2 aromatic carbocycles. The van der Waals surface area contributed by atoms with Gasteiger partial charge < -0.3 is 9.88 Å². The molecule has 1 atom stereocenters. The van der Waals surface area contributed by atoms with Gasteiger partial charge in [-0.05, 0) is 23.3 Å². The normalized spacial score (nSPS) is 17.9. The van der Waals surface area contributed by atoms with Crippen LogP contribution in [0.15, 0.2) is 73.1 Å². The number of H-pyrrole nitrogens is 2. The predicted molar refractivity (Wildman–Crippen MR) is 117 cm³/mol. The van der Waals surface area contributed by atoms with Gasteiger partial charge in [-0.25, -0.2) is 4.98 Å².